The molecule has 0 bridgehead atoms. The first kappa shape index (κ1) is 26.5. The van der Waals surface area contributed by atoms with Gasteiger partial charge in [0.2, 0.25) is 5.91 Å². The van der Waals surface area contributed by atoms with E-state index in [9.17, 15) is 15.0 Å². The lowest BCUT2D eigenvalue weighted by atomic mass is 10.1. The van der Waals surface area contributed by atoms with Crippen molar-refractivity contribution in [1.29, 1.82) is 0 Å². The van der Waals surface area contributed by atoms with E-state index in [0.717, 1.165) is 17.8 Å². The summed E-state index contributed by atoms with van der Waals surface area (Å²) in [7, 11) is 4.91. The second kappa shape index (κ2) is 10.2. The van der Waals surface area contributed by atoms with Gasteiger partial charge in [0.25, 0.3) is 0 Å². The molecule has 4 heterocycles. The highest BCUT2D eigenvalue weighted by molar-refractivity contribution is 7.16. The number of hydrogen-bond donors (Lipinski definition) is 3. The number of hydrogen-bond acceptors (Lipinski definition) is 10. The van der Waals surface area contributed by atoms with E-state index in [1.54, 1.807) is 38.8 Å². The Morgan fingerprint density at radius 1 is 1.32 bits per heavy atom. The molecule has 1 aromatic carbocycles. The van der Waals surface area contributed by atoms with Gasteiger partial charge in [-0.15, -0.1) is 11.3 Å². The summed E-state index contributed by atoms with van der Waals surface area (Å²) in [5.74, 6) is -0.279. The monoisotopic (exact) mass is 545 g/mol. The third kappa shape index (κ3) is 4.54. The van der Waals surface area contributed by atoms with E-state index >= 15 is 4.39 Å². The van der Waals surface area contributed by atoms with Crippen LogP contribution >= 0.6 is 11.3 Å². The fraction of sp³-hybridized carbons (Fsp3) is 0.480. The number of amides is 1. The minimum atomic E-state index is -1.14. The lowest BCUT2D eigenvalue weighted by Gasteiger charge is -2.40. The number of methoxy groups -OCH3 is 1. The lowest BCUT2D eigenvalue weighted by molar-refractivity contribution is -0.119. The Kier molecular flexibility index (Phi) is 7.13. The van der Waals surface area contributed by atoms with Gasteiger partial charge in [-0.1, -0.05) is 6.07 Å². The van der Waals surface area contributed by atoms with E-state index in [-0.39, 0.29) is 17.8 Å². The minimum absolute atomic E-state index is 0.105. The number of fused-ring (bicyclic) bond motifs is 1. The van der Waals surface area contributed by atoms with Gasteiger partial charge in [0.1, 0.15) is 17.6 Å². The maximum absolute atomic E-state index is 15.1. The molecule has 38 heavy (non-hydrogen) atoms. The van der Waals surface area contributed by atoms with Gasteiger partial charge in [-0.3, -0.25) is 4.79 Å². The fourth-order valence-corrected chi connectivity index (χ4v) is 5.83. The second-order valence-electron chi connectivity index (χ2n) is 9.70. The van der Waals surface area contributed by atoms with Crippen LogP contribution in [0.5, 0.6) is 0 Å². The highest BCUT2D eigenvalue weighted by Gasteiger charge is 2.38. The van der Waals surface area contributed by atoms with E-state index in [0.29, 0.717) is 40.1 Å². The number of aromatic nitrogens is 3. The molecule has 0 unspecified atom stereocenters. The number of carbonyl (C=O) groups is 1. The summed E-state index contributed by atoms with van der Waals surface area (Å²) in [4.78, 5) is 27.7. The highest BCUT2D eigenvalue weighted by atomic mass is 32.1. The third-order valence-electron chi connectivity index (χ3n) is 7.35. The Hall–Kier alpha value is -3.10. The zero-order valence-electron chi connectivity index (χ0n) is 21.9. The summed E-state index contributed by atoms with van der Waals surface area (Å²) in [6, 6.07) is 4.36. The summed E-state index contributed by atoms with van der Waals surface area (Å²) in [5.41, 5.74) is 2.18. The molecular weight excluding hydrogens is 513 g/mol. The van der Waals surface area contributed by atoms with Crippen LogP contribution in [0.15, 0.2) is 24.5 Å². The van der Waals surface area contributed by atoms with E-state index in [1.165, 1.54) is 33.5 Å². The minimum Gasteiger partial charge on any atom is -0.380 e. The Morgan fingerprint density at radius 3 is 2.76 bits per heavy atom. The molecule has 2 aliphatic rings. The summed E-state index contributed by atoms with van der Waals surface area (Å²) in [6.07, 6.45) is 0.256. The van der Waals surface area contributed by atoms with Crippen LogP contribution in [-0.4, -0.2) is 82.3 Å². The van der Waals surface area contributed by atoms with Crippen LogP contribution < -0.4 is 15.1 Å². The van der Waals surface area contributed by atoms with E-state index in [2.05, 4.69) is 15.3 Å². The quantitative estimate of drug-likeness (QED) is 0.429. The summed E-state index contributed by atoms with van der Waals surface area (Å²) in [6.45, 7) is 4.96. The number of carbonyl (C=O) groups excluding carboxylic acids is 1. The van der Waals surface area contributed by atoms with Crippen LogP contribution in [0.4, 0.5) is 21.0 Å². The first-order chi connectivity index (χ1) is 18.1. The first-order valence-corrected chi connectivity index (χ1v) is 13.2. The zero-order chi connectivity index (χ0) is 27.3. The molecule has 0 aliphatic carbocycles. The van der Waals surface area contributed by atoms with Gasteiger partial charge < -0.3 is 34.6 Å². The lowest BCUT2D eigenvalue weighted by Crippen LogP contribution is -2.51. The predicted molar refractivity (Wildman–Crippen MR) is 143 cm³/mol. The predicted octanol–water partition coefficient (Wildman–Crippen LogP) is 2.53. The van der Waals surface area contributed by atoms with Gasteiger partial charge in [-0.05, 0) is 39.4 Å². The van der Waals surface area contributed by atoms with Crippen LogP contribution in [0.3, 0.4) is 0 Å². The molecule has 11 nitrogen and oxygen atoms in total. The molecule has 0 radical (unpaired) electrons. The standard InChI is InChI=1S/C25H32FN7O4S/c1-13(33-12-27-21-20(33)23(35)31(4)25(36)30(21)3)22(34)29-24-28-19(14(2)38-24)15-6-7-18(17(26)10-15)32-9-8-16(11-32)37-5/h6-7,10,12-13,16,23,25,35-36H,8-9,11H2,1-5H3,(H,28,29,34)/t13-,16-,23-,25-/m0/s1. The van der Waals surface area contributed by atoms with E-state index in [1.807, 2.05) is 17.9 Å². The molecule has 3 aromatic rings. The van der Waals surface area contributed by atoms with Gasteiger partial charge in [0.05, 0.1) is 23.8 Å². The molecular formula is C25H32FN7O4S. The van der Waals surface area contributed by atoms with Crippen molar-refractivity contribution in [2.45, 2.75) is 45.0 Å². The number of aliphatic hydroxyl groups excluding tert-OH is 2. The Labute approximate surface area is 224 Å². The van der Waals surface area contributed by atoms with Crippen molar-refractivity contribution in [3.8, 4) is 11.3 Å². The number of imidazole rings is 1. The number of aryl methyl sites for hydroxylation is 1. The SMILES string of the molecule is CO[C@H]1CCN(c2ccc(-c3nc(NC(=O)[C@H](C)n4cnc5c4[C@H](O)N(C)[C@@H](O)N5C)sc3C)cc2F)C1. The first-order valence-electron chi connectivity index (χ1n) is 12.3. The molecule has 2 aromatic heterocycles. The van der Waals surface area contributed by atoms with Crippen LogP contribution in [-0.2, 0) is 9.53 Å². The molecule has 2 aliphatic heterocycles. The zero-order valence-corrected chi connectivity index (χ0v) is 22.7. The maximum atomic E-state index is 15.1. The number of benzene rings is 1. The van der Waals surface area contributed by atoms with Crippen molar-refractivity contribution < 1.29 is 24.1 Å². The van der Waals surface area contributed by atoms with Crippen molar-refractivity contribution in [3.63, 3.8) is 0 Å². The number of ether oxygens (including phenoxy) is 1. The van der Waals surface area contributed by atoms with Crippen molar-refractivity contribution in [2.75, 3.05) is 49.4 Å². The number of aliphatic hydroxyl groups is 2. The van der Waals surface area contributed by atoms with E-state index < -0.39 is 18.6 Å². The molecule has 3 N–H and O–H groups in total. The highest BCUT2D eigenvalue weighted by Crippen LogP contribution is 2.37. The summed E-state index contributed by atoms with van der Waals surface area (Å²) in [5, 5.41) is 24.2. The maximum Gasteiger partial charge on any atom is 0.248 e. The third-order valence-corrected chi connectivity index (χ3v) is 8.24. The van der Waals surface area contributed by atoms with Crippen molar-refractivity contribution in [2.24, 2.45) is 0 Å². The fourth-order valence-electron chi connectivity index (χ4n) is 5.00. The Morgan fingerprint density at radius 2 is 2.08 bits per heavy atom. The van der Waals surface area contributed by atoms with Crippen LogP contribution in [0.2, 0.25) is 0 Å². The summed E-state index contributed by atoms with van der Waals surface area (Å²) >= 11 is 1.30. The topological polar surface area (TPSA) is 119 Å². The number of thiazole rings is 1. The molecule has 13 heteroatoms. The molecule has 204 valence electrons. The number of rotatable bonds is 6. The molecule has 4 atom stereocenters. The van der Waals surface area contributed by atoms with Crippen LogP contribution in [0.25, 0.3) is 11.3 Å². The van der Waals surface area contributed by atoms with Gasteiger partial charge in [0, 0.05) is 37.7 Å². The number of anilines is 3. The molecule has 0 spiro atoms. The molecule has 5 rings (SSSR count). The molecule has 1 fully saturated rings. The van der Waals surface area contributed by atoms with Gasteiger partial charge in [-0.2, -0.15) is 0 Å². The molecule has 1 saturated heterocycles. The number of nitrogens with one attached hydrogen (secondary N) is 1. The second-order valence-corrected chi connectivity index (χ2v) is 10.9. The van der Waals surface area contributed by atoms with Gasteiger partial charge in [0.15, 0.2) is 23.5 Å². The smallest absolute Gasteiger partial charge is 0.248 e. The Bertz CT molecular complexity index is 1350. The Balaban J connectivity index is 1.33. The number of halogens is 1. The summed E-state index contributed by atoms with van der Waals surface area (Å²) < 4.78 is 22.0. The van der Waals surface area contributed by atoms with Crippen molar-refractivity contribution >= 4 is 33.9 Å². The normalized spacial score (nSPS) is 22.6. The largest absolute Gasteiger partial charge is 0.380 e. The average molecular weight is 546 g/mol. The van der Waals surface area contributed by atoms with E-state index in [4.69, 9.17) is 4.74 Å². The van der Waals surface area contributed by atoms with Crippen LogP contribution in [0, 0.1) is 12.7 Å². The molecule has 1 amide bonds. The molecule has 0 saturated carbocycles. The van der Waals surface area contributed by atoms with Crippen molar-refractivity contribution in [3.05, 3.63) is 40.9 Å². The van der Waals surface area contributed by atoms with Crippen molar-refractivity contribution in [1.82, 2.24) is 19.4 Å². The van der Waals surface area contributed by atoms with Crippen LogP contribution in [0.1, 0.15) is 36.2 Å². The van der Waals surface area contributed by atoms with Gasteiger partial charge >= 0.3 is 0 Å². The average Bonchev–Trinajstić information content (AvgIpc) is 3.64. The number of nitrogens with zero attached hydrogens (tertiary/aromatic N) is 6. The van der Waals surface area contributed by atoms with Gasteiger partial charge in [-0.25, -0.2) is 19.3 Å².